The Morgan fingerprint density at radius 3 is 2.61 bits per heavy atom. The van der Waals surface area contributed by atoms with Crippen molar-refractivity contribution in [2.45, 2.75) is 32.6 Å². The first-order valence-electron chi connectivity index (χ1n) is 5.95. The maximum atomic E-state index is 11.5. The highest BCUT2D eigenvalue weighted by atomic mass is 16.4. The minimum Gasteiger partial charge on any atom is -0.481 e. The zero-order chi connectivity index (χ0) is 13.8. The molecule has 0 saturated heterocycles. The van der Waals surface area contributed by atoms with E-state index in [-0.39, 0.29) is 12.0 Å². The molecule has 0 bridgehead atoms. The van der Waals surface area contributed by atoms with Gasteiger partial charge in [-0.3, -0.25) is 9.59 Å². The van der Waals surface area contributed by atoms with E-state index in [1.807, 2.05) is 6.92 Å². The number of carbonyl (C=O) groups is 2. The fraction of sp³-hybridized carbons (Fsp3) is 0.583. The van der Waals surface area contributed by atoms with Gasteiger partial charge in [-0.15, -0.1) is 0 Å². The van der Waals surface area contributed by atoms with Gasteiger partial charge in [-0.1, -0.05) is 13.3 Å². The van der Waals surface area contributed by atoms with Crippen molar-refractivity contribution in [3.8, 4) is 6.07 Å². The van der Waals surface area contributed by atoms with Gasteiger partial charge in [0.1, 0.15) is 11.6 Å². The number of carboxylic acid groups (broad SMARTS) is 1. The molecule has 0 aliphatic heterocycles. The number of nitrogens with one attached hydrogen (secondary N) is 2. The second kappa shape index (κ2) is 10.1. The molecule has 0 radical (unpaired) electrons. The Labute approximate surface area is 107 Å². The van der Waals surface area contributed by atoms with Crippen LogP contribution in [0.3, 0.4) is 0 Å². The Bertz CT molecular complexity index is 345. The number of rotatable bonds is 9. The quantitative estimate of drug-likeness (QED) is 0.320. The molecule has 100 valence electrons. The lowest BCUT2D eigenvalue weighted by Crippen LogP contribution is -2.26. The van der Waals surface area contributed by atoms with E-state index in [0.717, 1.165) is 12.8 Å². The van der Waals surface area contributed by atoms with E-state index in [4.69, 9.17) is 10.4 Å². The van der Waals surface area contributed by atoms with Gasteiger partial charge in [-0.05, 0) is 12.8 Å². The Balaban J connectivity index is 3.96. The molecule has 0 aromatic rings. The monoisotopic (exact) mass is 253 g/mol. The predicted molar refractivity (Wildman–Crippen MR) is 66.5 cm³/mol. The third kappa shape index (κ3) is 8.16. The van der Waals surface area contributed by atoms with Crippen molar-refractivity contribution in [3.63, 3.8) is 0 Å². The van der Waals surface area contributed by atoms with Crippen LogP contribution in [-0.2, 0) is 9.59 Å². The summed E-state index contributed by atoms with van der Waals surface area (Å²) in [5.41, 5.74) is 0.00132. The zero-order valence-electron chi connectivity index (χ0n) is 10.5. The lowest BCUT2D eigenvalue weighted by molar-refractivity contribution is -0.137. The van der Waals surface area contributed by atoms with Gasteiger partial charge >= 0.3 is 5.97 Å². The normalized spacial score (nSPS) is 10.6. The van der Waals surface area contributed by atoms with Crippen LogP contribution in [0.5, 0.6) is 0 Å². The first-order valence-corrected chi connectivity index (χ1v) is 5.95. The highest BCUT2D eigenvalue weighted by molar-refractivity contribution is 5.97. The van der Waals surface area contributed by atoms with Gasteiger partial charge in [-0.25, -0.2) is 0 Å². The van der Waals surface area contributed by atoms with Crippen LogP contribution in [0.25, 0.3) is 0 Å². The van der Waals surface area contributed by atoms with E-state index in [1.165, 1.54) is 6.20 Å². The molecule has 18 heavy (non-hydrogen) atoms. The first kappa shape index (κ1) is 16.0. The van der Waals surface area contributed by atoms with Crippen LogP contribution < -0.4 is 10.6 Å². The van der Waals surface area contributed by atoms with Crippen molar-refractivity contribution in [1.29, 1.82) is 5.26 Å². The highest BCUT2D eigenvalue weighted by Crippen LogP contribution is 1.93. The van der Waals surface area contributed by atoms with E-state index in [1.54, 1.807) is 6.07 Å². The van der Waals surface area contributed by atoms with E-state index in [9.17, 15) is 9.59 Å². The molecule has 0 aromatic carbocycles. The molecule has 1 amide bonds. The predicted octanol–water partition coefficient (Wildman–Crippen LogP) is 0.765. The van der Waals surface area contributed by atoms with Crippen LogP contribution in [0.1, 0.15) is 32.6 Å². The Hall–Kier alpha value is -2.03. The third-order valence-electron chi connectivity index (χ3n) is 2.14. The van der Waals surface area contributed by atoms with Gasteiger partial charge in [0.2, 0.25) is 0 Å². The third-order valence-corrected chi connectivity index (χ3v) is 2.14. The van der Waals surface area contributed by atoms with E-state index < -0.39 is 11.9 Å². The maximum Gasteiger partial charge on any atom is 0.303 e. The molecule has 0 saturated carbocycles. The van der Waals surface area contributed by atoms with Gasteiger partial charge in [0.05, 0.1) is 0 Å². The number of unbranched alkanes of at least 4 members (excludes halogenated alkanes) is 1. The topological polar surface area (TPSA) is 102 Å². The minimum atomic E-state index is -0.862. The molecule has 0 atom stereocenters. The van der Waals surface area contributed by atoms with Crippen LogP contribution >= 0.6 is 0 Å². The van der Waals surface area contributed by atoms with Gasteiger partial charge in [-0.2, -0.15) is 5.26 Å². The number of nitriles is 1. The minimum absolute atomic E-state index is 0.00132. The molecule has 0 unspecified atom stereocenters. The Morgan fingerprint density at radius 2 is 2.06 bits per heavy atom. The number of aliphatic carboxylic acids is 1. The number of carboxylic acids is 1. The van der Waals surface area contributed by atoms with Crippen molar-refractivity contribution in [1.82, 2.24) is 10.6 Å². The van der Waals surface area contributed by atoms with E-state index in [2.05, 4.69) is 10.6 Å². The fourth-order valence-corrected chi connectivity index (χ4v) is 1.14. The van der Waals surface area contributed by atoms with Crippen molar-refractivity contribution in [2.24, 2.45) is 0 Å². The number of carbonyl (C=O) groups excluding carboxylic acids is 1. The van der Waals surface area contributed by atoms with Crippen LogP contribution in [0, 0.1) is 11.3 Å². The second-order valence-electron chi connectivity index (χ2n) is 3.73. The lowest BCUT2D eigenvalue weighted by Gasteiger charge is -2.03. The van der Waals surface area contributed by atoms with E-state index >= 15 is 0 Å². The Morgan fingerprint density at radius 1 is 1.33 bits per heavy atom. The summed E-state index contributed by atoms with van der Waals surface area (Å²) >= 11 is 0. The lowest BCUT2D eigenvalue weighted by atomic mass is 10.2. The maximum absolute atomic E-state index is 11.5. The number of hydrogen-bond donors (Lipinski definition) is 3. The second-order valence-corrected chi connectivity index (χ2v) is 3.73. The number of amides is 1. The van der Waals surface area contributed by atoms with Gasteiger partial charge < -0.3 is 15.7 Å². The van der Waals surface area contributed by atoms with Gasteiger partial charge in [0, 0.05) is 25.7 Å². The molecule has 0 fully saturated rings. The van der Waals surface area contributed by atoms with Crippen molar-refractivity contribution < 1.29 is 14.7 Å². The molecule has 0 rings (SSSR count). The highest BCUT2D eigenvalue weighted by Gasteiger charge is 2.07. The summed E-state index contributed by atoms with van der Waals surface area (Å²) in [7, 11) is 0. The number of hydrogen-bond acceptors (Lipinski definition) is 4. The van der Waals surface area contributed by atoms with Crippen molar-refractivity contribution >= 4 is 11.9 Å². The van der Waals surface area contributed by atoms with E-state index in [0.29, 0.717) is 19.5 Å². The smallest absolute Gasteiger partial charge is 0.303 e. The molecule has 0 spiro atoms. The molecule has 0 aromatic heterocycles. The van der Waals surface area contributed by atoms with Crippen LogP contribution in [0.15, 0.2) is 11.8 Å². The van der Waals surface area contributed by atoms with Gasteiger partial charge in [0.25, 0.3) is 5.91 Å². The summed E-state index contributed by atoms with van der Waals surface area (Å²) < 4.78 is 0. The van der Waals surface area contributed by atoms with Gasteiger partial charge in [0.15, 0.2) is 0 Å². The molecule has 0 heterocycles. The molecule has 0 aliphatic rings. The summed E-state index contributed by atoms with van der Waals surface area (Å²) in [6.07, 6.45) is 3.67. The Kier molecular flexibility index (Phi) is 9.00. The zero-order valence-corrected chi connectivity index (χ0v) is 10.5. The first-order chi connectivity index (χ1) is 8.61. The summed E-state index contributed by atoms with van der Waals surface area (Å²) in [5, 5.41) is 22.6. The standard InChI is InChI=1S/C12H19N3O3/c1-2-3-7-15-12(18)10(8-13)9-14-6-4-5-11(16)17/h9,14H,2-7H2,1H3,(H,15,18)(H,16,17)/b10-9-. The fourth-order valence-electron chi connectivity index (χ4n) is 1.14. The SMILES string of the molecule is CCCCNC(=O)/C(C#N)=C\NCCCC(=O)O. The average molecular weight is 253 g/mol. The number of nitrogens with zero attached hydrogens (tertiary/aromatic N) is 1. The molecule has 3 N–H and O–H groups in total. The van der Waals surface area contributed by atoms with Crippen LogP contribution in [-0.4, -0.2) is 30.1 Å². The summed E-state index contributed by atoms with van der Waals surface area (Å²) in [5.74, 6) is -1.27. The van der Waals surface area contributed by atoms with Crippen molar-refractivity contribution in [2.75, 3.05) is 13.1 Å². The molecule has 6 nitrogen and oxygen atoms in total. The van der Waals surface area contributed by atoms with Crippen molar-refractivity contribution in [3.05, 3.63) is 11.8 Å². The summed E-state index contributed by atoms with van der Waals surface area (Å²) in [4.78, 5) is 21.7. The van der Waals surface area contributed by atoms with Crippen LogP contribution in [0.2, 0.25) is 0 Å². The van der Waals surface area contributed by atoms with Crippen LogP contribution in [0.4, 0.5) is 0 Å². The molecular weight excluding hydrogens is 234 g/mol. The largest absolute Gasteiger partial charge is 0.481 e. The average Bonchev–Trinajstić information content (AvgIpc) is 2.33. The molecular formula is C12H19N3O3. The summed E-state index contributed by atoms with van der Waals surface area (Å²) in [6.45, 7) is 2.98. The molecule has 6 heteroatoms. The molecule has 0 aliphatic carbocycles. The summed E-state index contributed by atoms with van der Waals surface area (Å²) in [6, 6.07) is 1.80.